The molecule has 0 radical (unpaired) electrons. The average molecular weight is 467 g/mol. The predicted molar refractivity (Wildman–Crippen MR) is 121 cm³/mol. The number of nitrogens with one attached hydrogen (secondary N) is 1. The Morgan fingerprint density at radius 2 is 1.84 bits per heavy atom. The molecule has 0 unspecified atom stereocenters. The van der Waals surface area contributed by atoms with E-state index in [1.54, 1.807) is 12.1 Å². The van der Waals surface area contributed by atoms with E-state index in [0.29, 0.717) is 23.0 Å². The van der Waals surface area contributed by atoms with Gasteiger partial charge in [-0.05, 0) is 56.5 Å². The summed E-state index contributed by atoms with van der Waals surface area (Å²) in [5.41, 5.74) is 1.41. The summed E-state index contributed by atoms with van der Waals surface area (Å²) >= 11 is 6.13. The molecule has 1 amide bonds. The molecule has 1 heterocycles. The zero-order valence-corrected chi connectivity index (χ0v) is 19.6. The number of sulfonamides is 1. The van der Waals surface area contributed by atoms with E-state index in [1.807, 2.05) is 13.8 Å². The molecular weight excluding hydrogens is 440 g/mol. The molecule has 2 aromatic carbocycles. The van der Waals surface area contributed by atoms with Gasteiger partial charge in [0.15, 0.2) is 0 Å². The number of nitrogens with zero attached hydrogens (tertiary/aromatic N) is 1. The predicted octanol–water partition coefficient (Wildman–Crippen LogP) is 4.48. The van der Waals surface area contributed by atoms with Gasteiger partial charge < -0.3 is 14.8 Å². The summed E-state index contributed by atoms with van der Waals surface area (Å²) in [6.45, 7) is 4.16. The number of rotatable bonds is 6. The van der Waals surface area contributed by atoms with E-state index in [9.17, 15) is 13.2 Å². The van der Waals surface area contributed by atoms with Crippen molar-refractivity contribution in [3.8, 4) is 11.5 Å². The van der Waals surface area contributed by atoms with Crippen LogP contribution in [0.2, 0.25) is 5.02 Å². The van der Waals surface area contributed by atoms with Gasteiger partial charge in [-0.25, -0.2) is 8.42 Å². The first-order valence-electron chi connectivity index (χ1n) is 10.0. The molecule has 31 heavy (non-hydrogen) atoms. The average Bonchev–Trinajstić information content (AvgIpc) is 2.75. The lowest BCUT2D eigenvalue weighted by Gasteiger charge is -2.32. The molecule has 0 spiro atoms. The molecule has 1 N–H and O–H groups in total. The molecule has 3 rings (SSSR count). The van der Waals surface area contributed by atoms with E-state index in [1.165, 1.54) is 36.7 Å². The van der Waals surface area contributed by atoms with Crippen molar-refractivity contribution in [2.45, 2.75) is 44.0 Å². The van der Waals surface area contributed by atoms with Gasteiger partial charge in [-0.15, -0.1) is 0 Å². The highest BCUT2D eigenvalue weighted by atomic mass is 35.5. The highest BCUT2D eigenvalue weighted by Gasteiger charge is 2.33. The van der Waals surface area contributed by atoms with Crippen molar-refractivity contribution in [2.75, 3.05) is 26.1 Å². The SMILES string of the molecule is COc1cc(Cl)c(C)cc1NC(=O)c1ccc(OC)c(S(=O)(=O)N2CCCC[C@H]2C)c1. The second kappa shape index (κ2) is 9.46. The van der Waals surface area contributed by atoms with Crippen molar-refractivity contribution >= 4 is 33.2 Å². The van der Waals surface area contributed by atoms with Gasteiger partial charge in [0.05, 0.1) is 19.9 Å². The van der Waals surface area contributed by atoms with E-state index in [0.717, 1.165) is 24.8 Å². The van der Waals surface area contributed by atoms with Gasteiger partial charge in [-0.3, -0.25) is 4.79 Å². The van der Waals surface area contributed by atoms with Crippen LogP contribution in [0.5, 0.6) is 11.5 Å². The Kier molecular flexibility index (Phi) is 7.13. The second-order valence-corrected chi connectivity index (χ2v) is 9.85. The Balaban J connectivity index is 1.97. The topological polar surface area (TPSA) is 84.9 Å². The molecule has 0 aromatic heterocycles. The number of aryl methyl sites for hydroxylation is 1. The number of anilines is 1. The fourth-order valence-electron chi connectivity index (χ4n) is 3.70. The van der Waals surface area contributed by atoms with Crippen LogP contribution < -0.4 is 14.8 Å². The van der Waals surface area contributed by atoms with Crippen LogP contribution in [0.4, 0.5) is 5.69 Å². The van der Waals surface area contributed by atoms with Crippen LogP contribution in [-0.4, -0.2) is 45.4 Å². The number of hydrogen-bond donors (Lipinski definition) is 1. The Labute approximate surface area is 188 Å². The van der Waals surface area contributed by atoms with Crippen molar-refractivity contribution in [2.24, 2.45) is 0 Å². The summed E-state index contributed by atoms with van der Waals surface area (Å²) in [6, 6.07) is 7.61. The maximum atomic E-state index is 13.4. The third kappa shape index (κ3) is 4.81. The molecular formula is C22H27ClN2O5S. The van der Waals surface area contributed by atoms with Gasteiger partial charge in [0.2, 0.25) is 10.0 Å². The Hall–Kier alpha value is -2.29. The monoisotopic (exact) mass is 466 g/mol. The molecule has 0 aliphatic carbocycles. The second-order valence-electron chi connectivity index (χ2n) is 7.58. The summed E-state index contributed by atoms with van der Waals surface area (Å²) in [5.74, 6) is 0.146. The largest absolute Gasteiger partial charge is 0.495 e. The third-order valence-corrected chi connectivity index (χ3v) is 7.93. The van der Waals surface area contributed by atoms with Crippen molar-refractivity contribution in [3.63, 3.8) is 0 Å². The molecule has 7 nitrogen and oxygen atoms in total. The van der Waals surface area contributed by atoms with Crippen molar-refractivity contribution in [1.82, 2.24) is 4.31 Å². The van der Waals surface area contributed by atoms with E-state index >= 15 is 0 Å². The molecule has 2 aromatic rings. The van der Waals surface area contributed by atoms with Gasteiger partial charge in [0, 0.05) is 29.2 Å². The number of halogens is 1. The summed E-state index contributed by atoms with van der Waals surface area (Å²) < 4.78 is 38.8. The summed E-state index contributed by atoms with van der Waals surface area (Å²) in [5, 5.41) is 3.30. The summed E-state index contributed by atoms with van der Waals surface area (Å²) in [7, 11) is -0.929. The Morgan fingerprint density at radius 3 is 2.48 bits per heavy atom. The van der Waals surface area contributed by atoms with E-state index in [2.05, 4.69) is 5.32 Å². The van der Waals surface area contributed by atoms with Crippen molar-refractivity contribution in [3.05, 3.63) is 46.5 Å². The molecule has 1 aliphatic rings. The number of ether oxygens (including phenoxy) is 2. The van der Waals surface area contributed by atoms with Gasteiger partial charge in [-0.1, -0.05) is 18.0 Å². The molecule has 1 aliphatic heterocycles. The van der Waals surface area contributed by atoms with Crippen LogP contribution in [0.15, 0.2) is 35.2 Å². The van der Waals surface area contributed by atoms with Crippen molar-refractivity contribution in [1.29, 1.82) is 0 Å². The van der Waals surface area contributed by atoms with E-state index in [4.69, 9.17) is 21.1 Å². The molecule has 1 saturated heterocycles. The first kappa shape index (κ1) is 23.4. The minimum absolute atomic E-state index is 0.0179. The molecule has 1 fully saturated rings. The van der Waals surface area contributed by atoms with Crippen LogP contribution in [0.25, 0.3) is 0 Å². The first-order valence-corrected chi connectivity index (χ1v) is 11.9. The molecule has 168 valence electrons. The maximum Gasteiger partial charge on any atom is 0.255 e. The molecule has 1 atom stereocenters. The van der Waals surface area contributed by atoms with Gasteiger partial charge in [0.25, 0.3) is 5.91 Å². The van der Waals surface area contributed by atoms with Crippen LogP contribution in [0.3, 0.4) is 0 Å². The fourth-order valence-corrected chi connectivity index (χ4v) is 5.74. The smallest absolute Gasteiger partial charge is 0.255 e. The van der Waals surface area contributed by atoms with Crippen LogP contribution >= 0.6 is 11.6 Å². The zero-order valence-electron chi connectivity index (χ0n) is 18.1. The molecule has 0 saturated carbocycles. The minimum atomic E-state index is -3.82. The van der Waals surface area contributed by atoms with Crippen LogP contribution in [0.1, 0.15) is 42.1 Å². The number of carbonyl (C=O) groups is 1. The number of benzene rings is 2. The minimum Gasteiger partial charge on any atom is -0.495 e. The first-order chi connectivity index (χ1) is 14.7. The lowest BCUT2D eigenvalue weighted by Crippen LogP contribution is -2.42. The van der Waals surface area contributed by atoms with Crippen molar-refractivity contribution < 1.29 is 22.7 Å². The lowest BCUT2D eigenvalue weighted by atomic mass is 10.1. The molecule has 0 bridgehead atoms. The highest BCUT2D eigenvalue weighted by molar-refractivity contribution is 7.89. The zero-order chi connectivity index (χ0) is 22.8. The number of amides is 1. The fraction of sp³-hybridized carbons (Fsp3) is 0.409. The van der Waals surface area contributed by atoms with Gasteiger partial charge in [-0.2, -0.15) is 4.31 Å². The van der Waals surface area contributed by atoms with Gasteiger partial charge >= 0.3 is 0 Å². The summed E-state index contributed by atoms with van der Waals surface area (Å²) in [6.07, 6.45) is 2.61. The van der Waals surface area contributed by atoms with Crippen LogP contribution in [-0.2, 0) is 10.0 Å². The van der Waals surface area contributed by atoms with Crippen LogP contribution in [0, 0.1) is 6.92 Å². The van der Waals surface area contributed by atoms with Gasteiger partial charge in [0.1, 0.15) is 16.4 Å². The Morgan fingerprint density at radius 1 is 1.13 bits per heavy atom. The number of hydrogen-bond acceptors (Lipinski definition) is 5. The standard InChI is InChI=1S/C22H27ClN2O5S/c1-14-11-18(20(30-4)13-17(14)23)24-22(26)16-8-9-19(29-3)21(12-16)31(27,28)25-10-6-5-7-15(25)2/h8-9,11-13,15H,5-7,10H2,1-4H3,(H,24,26)/t15-/m1/s1. The molecule has 9 heteroatoms. The lowest BCUT2D eigenvalue weighted by molar-refractivity contribution is 0.102. The number of methoxy groups -OCH3 is 2. The maximum absolute atomic E-state index is 13.4. The summed E-state index contributed by atoms with van der Waals surface area (Å²) in [4.78, 5) is 12.9. The Bertz CT molecular complexity index is 1090. The van der Waals surface area contributed by atoms with E-state index in [-0.39, 0.29) is 22.3 Å². The van der Waals surface area contributed by atoms with E-state index < -0.39 is 15.9 Å². The normalized spacial score (nSPS) is 17.3. The quantitative estimate of drug-likeness (QED) is 0.678. The number of carbonyl (C=O) groups excluding carboxylic acids is 1. The highest BCUT2D eigenvalue weighted by Crippen LogP contribution is 2.33. The number of piperidine rings is 1. The third-order valence-electron chi connectivity index (χ3n) is 5.48.